The van der Waals surface area contributed by atoms with Crippen LogP contribution in [0.5, 0.6) is 0 Å². The van der Waals surface area contributed by atoms with Crippen LogP contribution >= 0.6 is 15.9 Å². The van der Waals surface area contributed by atoms with Crippen LogP contribution < -0.4 is 4.72 Å². The van der Waals surface area contributed by atoms with Crippen LogP contribution in [0.2, 0.25) is 0 Å². The summed E-state index contributed by atoms with van der Waals surface area (Å²) < 4.78 is 40.3. The van der Waals surface area contributed by atoms with E-state index in [0.29, 0.717) is 10.9 Å². The molecular weight excluding hydrogens is 357 g/mol. The van der Waals surface area contributed by atoms with Crippen LogP contribution in [0.15, 0.2) is 51.8 Å². The molecule has 2 aromatic carbocycles. The molecule has 0 aliphatic heterocycles. The lowest BCUT2D eigenvalue weighted by atomic mass is 10.1. The summed E-state index contributed by atoms with van der Waals surface area (Å²) in [4.78, 5) is 0.215. The summed E-state index contributed by atoms with van der Waals surface area (Å²) in [5.41, 5.74) is 1.86. The lowest BCUT2D eigenvalue weighted by Gasteiger charge is -2.09. The Bertz CT molecular complexity index is 730. The van der Waals surface area contributed by atoms with E-state index in [9.17, 15) is 12.8 Å². The summed E-state index contributed by atoms with van der Waals surface area (Å²) in [5, 5.41) is 0. The number of sulfonamides is 1. The van der Waals surface area contributed by atoms with Crippen molar-refractivity contribution in [3.63, 3.8) is 0 Å². The Morgan fingerprint density at radius 2 is 1.81 bits per heavy atom. The molecular formula is C15H15BrFNO2S. The maximum absolute atomic E-state index is 12.8. The van der Waals surface area contributed by atoms with Crippen LogP contribution in [0.3, 0.4) is 0 Å². The Labute approximate surface area is 132 Å². The van der Waals surface area contributed by atoms with E-state index in [2.05, 4.69) is 20.7 Å². The zero-order valence-corrected chi connectivity index (χ0v) is 13.8. The molecule has 1 N–H and O–H groups in total. The average molecular weight is 372 g/mol. The minimum absolute atomic E-state index is 0.215. The van der Waals surface area contributed by atoms with E-state index in [-0.39, 0.29) is 17.3 Å². The first kappa shape index (κ1) is 16.1. The number of hydrogen-bond acceptors (Lipinski definition) is 2. The standard InChI is InChI=1S/C15H15BrFNO2S/c1-11-2-7-15(14(16)10-11)21(19,20)18-9-8-12-3-5-13(17)6-4-12/h2-7,10,18H,8-9H2,1H3. The number of rotatable bonds is 5. The van der Waals surface area contributed by atoms with Gasteiger partial charge in [0.25, 0.3) is 0 Å². The first-order chi connectivity index (χ1) is 9.88. The highest BCUT2D eigenvalue weighted by Gasteiger charge is 2.16. The van der Waals surface area contributed by atoms with E-state index < -0.39 is 10.0 Å². The highest BCUT2D eigenvalue weighted by atomic mass is 79.9. The van der Waals surface area contributed by atoms with E-state index in [1.807, 2.05) is 6.92 Å². The van der Waals surface area contributed by atoms with Crippen molar-refractivity contribution in [2.75, 3.05) is 6.54 Å². The maximum atomic E-state index is 12.8. The predicted octanol–water partition coefficient (Wildman–Crippen LogP) is 3.42. The highest BCUT2D eigenvalue weighted by Crippen LogP contribution is 2.22. The Balaban J connectivity index is 2.03. The second kappa shape index (κ2) is 6.68. The summed E-state index contributed by atoms with van der Waals surface area (Å²) in [6, 6.07) is 11.1. The van der Waals surface area contributed by atoms with Gasteiger partial charge in [-0.15, -0.1) is 0 Å². The minimum atomic E-state index is -3.56. The molecule has 0 aliphatic carbocycles. The summed E-state index contributed by atoms with van der Waals surface area (Å²) in [5.74, 6) is -0.303. The molecule has 0 aromatic heterocycles. The van der Waals surface area contributed by atoms with Gasteiger partial charge in [0, 0.05) is 11.0 Å². The molecule has 21 heavy (non-hydrogen) atoms. The van der Waals surface area contributed by atoms with Crippen molar-refractivity contribution in [2.24, 2.45) is 0 Å². The van der Waals surface area contributed by atoms with E-state index in [4.69, 9.17) is 0 Å². The van der Waals surface area contributed by atoms with Crippen molar-refractivity contribution in [1.29, 1.82) is 0 Å². The number of hydrogen-bond donors (Lipinski definition) is 1. The molecule has 112 valence electrons. The highest BCUT2D eigenvalue weighted by molar-refractivity contribution is 9.10. The maximum Gasteiger partial charge on any atom is 0.241 e. The number of halogens is 2. The summed E-state index contributed by atoms with van der Waals surface area (Å²) >= 11 is 3.27. The van der Waals surface area contributed by atoms with Gasteiger partial charge in [0.05, 0.1) is 4.90 Å². The van der Waals surface area contributed by atoms with Crippen LogP contribution in [0.1, 0.15) is 11.1 Å². The minimum Gasteiger partial charge on any atom is -0.211 e. The van der Waals surface area contributed by atoms with Crippen LogP contribution in [-0.4, -0.2) is 15.0 Å². The lowest BCUT2D eigenvalue weighted by molar-refractivity contribution is 0.581. The molecule has 3 nitrogen and oxygen atoms in total. The third-order valence-electron chi connectivity index (χ3n) is 3.00. The monoisotopic (exact) mass is 371 g/mol. The predicted molar refractivity (Wildman–Crippen MR) is 84.2 cm³/mol. The van der Waals surface area contributed by atoms with Gasteiger partial charge in [-0.25, -0.2) is 17.5 Å². The van der Waals surface area contributed by atoms with Crippen LogP contribution in [0.4, 0.5) is 4.39 Å². The molecule has 0 aliphatic rings. The smallest absolute Gasteiger partial charge is 0.211 e. The molecule has 0 saturated heterocycles. The van der Waals surface area contributed by atoms with Gasteiger partial charge in [0.1, 0.15) is 5.82 Å². The number of benzene rings is 2. The Morgan fingerprint density at radius 1 is 1.14 bits per heavy atom. The number of aryl methyl sites for hydroxylation is 1. The van der Waals surface area contributed by atoms with Crippen LogP contribution in [0.25, 0.3) is 0 Å². The molecule has 0 atom stereocenters. The summed E-state index contributed by atoms with van der Waals surface area (Å²) in [6.07, 6.45) is 0.503. The van der Waals surface area contributed by atoms with E-state index in [0.717, 1.165) is 11.1 Å². The molecule has 0 heterocycles. The van der Waals surface area contributed by atoms with Gasteiger partial charge >= 0.3 is 0 Å². The zero-order valence-electron chi connectivity index (χ0n) is 11.4. The van der Waals surface area contributed by atoms with Crippen molar-refractivity contribution >= 4 is 26.0 Å². The van der Waals surface area contributed by atoms with E-state index in [1.54, 1.807) is 30.3 Å². The van der Waals surface area contributed by atoms with Crippen molar-refractivity contribution in [3.8, 4) is 0 Å². The zero-order chi connectivity index (χ0) is 15.5. The van der Waals surface area contributed by atoms with Gasteiger partial charge in [-0.1, -0.05) is 18.2 Å². The third-order valence-corrected chi connectivity index (χ3v) is 5.43. The third kappa shape index (κ3) is 4.36. The first-order valence-electron chi connectivity index (χ1n) is 6.39. The molecule has 0 radical (unpaired) electrons. The van der Waals surface area contributed by atoms with Gasteiger partial charge < -0.3 is 0 Å². The van der Waals surface area contributed by atoms with E-state index in [1.165, 1.54) is 12.1 Å². The normalized spacial score (nSPS) is 11.6. The molecule has 0 amide bonds. The van der Waals surface area contributed by atoms with Gasteiger partial charge in [-0.2, -0.15) is 0 Å². The Kier molecular flexibility index (Phi) is 5.13. The van der Waals surface area contributed by atoms with Gasteiger partial charge in [0.2, 0.25) is 10.0 Å². The molecule has 6 heteroatoms. The molecule has 0 unspecified atom stereocenters. The lowest BCUT2D eigenvalue weighted by Crippen LogP contribution is -2.26. The summed E-state index contributed by atoms with van der Waals surface area (Å²) in [6.45, 7) is 2.15. The molecule has 2 rings (SSSR count). The van der Waals surface area contributed by atoms with Gasteiger partial charge in [-0.05, 0) is 64.7 Å². The van der Waals surface area contributed by atoms with Crippen LogP contribution in [-0.2, 0) is 16.4 Å². The molecule has 0 fully saturated rings. The fourth-order valence-electron chi connectivity index (χ4n) is 1.88. The average Bonchev–Trinajstić information content (AvgIpc) is 2.40. The van der Waals surface area contributed by atoms with Crippen molar-refractivity contribution < 1.29 is 12.8 Å². The largest absolute Gasteiger partial charge is 0.241 e. The van der Waals surface area contributed by atoms with Gasteiger partial charge in [0.15, 0.2) is 0 Å². The van der Waals surface area contributed by atoms with Gasteiger partial charge in [-0.3, -0.25) is 0 Å². The van der Waals surface area contributed by atoms with Crippen LogP contribution in [0, 0.1) is 12.7 Å². The molecule has 0 bridgehead atoms. The molecule has 2 aromatic rings. The molecule has 0 spiro atoms. The summed E-state index contributed by atoms with van der Waals surface area (Å²) in [7, 11) is -3.56. The second-order valence-electron chi connectivity index (χ2n) is 4.71. The van der Waals surface area contributed by atoms with Crippen molar-refractivity contribution in [1.82, 2.24) is 4.72 Å². The fourth-order valence-corrected chi connectivity index (χ4v) is 4.10. The Morgan fingerprint density at radius 3 is 2.43 bits per heavy atom. The van der Waals surface area contributed by atoms with E-state index >= 15 is 0 Å². The second-order valence-corrected chi connectivity index (χ2v) is 7.30. The van der Waals surface area contributed by atoms with Crippen molar-refractivity contribution in [3.05, 3.63) is 63.9 Å². The topological polar surface area (TPSA) is 46.2 Å². The SMILES string of the molecule is Cc1ccc(S(=O)(=O)NCCc2ccc(F)cc2)c(Br)c1. The Hall–Kier alpha value is -1.24. The number of nitrogens with one attached hydrogen (secondary N) is 1. The first-order valence-corrected chi connectivity index (χ1v) is 8.66. The fraction of sp³-hybridized carbons (Fsp3) is 0.200. The molecule has 0 saturated carbocycles. The van der Waals surface area contributed by atoms with Crippen molar-refractivity contribution in [2.45, 2.75) is 18.2 Å². The quantitative estimate of drug-likeness (QED) is 0.874.